The standard InChI is InChI=1S/C14H19N3O2/c1-9-7-10(17-5-3-4-6-17)8-11(14(19)16-2)12(9)13(15)18/h7-8H,3-6H2,1-2H3,(H2,15,18)(H,16,19). The number of nitrogens with one attached hydrogen (secondary N) is 1. The number of hydrogen-bond acceptors (Lipinski definition) is 3. The van der Waals surface area contributed by atoms with Crippen LogP contribution in [0, 0.1) is 6.92 Å². The Morgan fingerprint density at radius 2 is 1.89 bits per heavy atom. The van der Waals surface area contributed by atoms with Gasteiger partial charge >= 0.3 is 0 Å². The number of hydrogen-bond donors (Lipinski definition) is 2. The van der Waals surface area contributed by atoms with Crippen LogP contribution in [0.2, 0.25) is 0 Å². The topological polar surface area (TPSA) is 75.4 Å². The minimum atomic E-state index is -0.566. The second-order valence-corrected chi connectivity index (χ2v) is 4.82. The van der Waals surface area contributed by atoms with Gasteiger partial charge in [0.2, 0.25) is 5.91 Å². The van der Waals surface area contributed by atoms with E-state index in [2.05, 4.69) is 10.2 Å². The van der Waals surface area contributed by atoms with Crippen molar-refractivity contribution in [2.24, 2.45) is 5.73 Å². The Hall–Kier alpha value is -2.04. The maximum Gasteiger partial charge on any atom is 0.251 e. The molecule has 1 heterocycles. The molecule has 2 rings (SSSR count). The van der Waals surface area contributed by atoms with Gasteiger partial charge in [0, 0.05) is 25.8 Å². The highest BCUT2D eigenvalue weighted by Gasteiger charge is 2.21. The van der Waals surface area contributed by atoms with Crippen molar-refractivity contribution in [3.8, 4) is 0 Å². The van der Waals surface area contributed by atoms with E-state index >= 15 is 0 Å². The molecule has 1 fully saturated rings. The Morgan fingerprint density at radius 3 is 2.42 bits per heavy atom. The van der Waals surface area contributed by atoms with Crippen LogP contribution in [0.3, 0.4) is 0 Å². The van der Waals surface area contributed by atoms with Gasteiger partial charge in [-0.3, -0.25) is 9.59 Å². The first-order valence-electron chi connectivity index (χ1n) is 6.46. The van der Waals surface area contributed by atoms with E-state index in [-0.39, 0.29) is 5.91 Å². The molecule has 1 saturated heterocycles. The fraction of sp³-hybridized carbons (Fsp3) is 0.429. The molecule has 0 atom stereocenters. The zero-order valence-electron chi connectivity index (χ0n) is 11.3. The summed E-state index contributed by atoms with van der Waals surface area (Å²) in [5, 5.41) is 2.56. The Bertz CT molecular complexity index is 520. The first-order chi connectivity index (χ1) is 9.04. The van der Waals surface area contributed by atoms with Crippen molar-refractivity contribution in [1.82, 2.24) is 5.32 Å². The molecule has 19 heavy (non-hydrogen) atoms. The van der Waals surface area contributed by atoms with Crippen molar-refractivity contribution < 1.29 is 9.59 Å². The SMILES string of the molecule is CNC(=O)c1cc(N2CCCC2)cc(C)c1C(N)=O. The van der Waals surface area contributed by atoms with E-state index in [4.69, 9.17) is 5.73 Å². The van der Waals surface area contributed by atoms with Crippen LogP contribution in [0.1, 0.15) is 39.1 Å². The molecule has 1 aromatic rings. The average molecular weight is 261 g/mol. The summed E-state index contributed by atoms with van der Waals surface area (Å²) in [6, 6.07) is 3.69. The van der Waals surface area contributed by atoms with Gasteiger partial charge in [-0.1, -0.05) is 0 Å². The monoisotopic (exact) mass is 261 g/mol. The molecule has 1 aliphatic rings. The molecular weight excluding hydrogens is 242 g/mol. The summed E-state index contributed by atoms with van der Waals surface area (Å²) in [6.07, 6.45) is 2.32. The number of anilines is 1. The summed E-state index contributed by atoms with van der Waals surface area (Å²) in [5.41, 5.74) is 7.78. The number of nitrogens with zero attached hydrogens (tertiary/aromatic N) is 1. The second-order valence-electron chi connectivity index (χ2n) is 4.82. The number of aryl methyl sites for hydroxylation is 1. The van der Waals surface area contributed by atoms with Crippen molar-refractivity contribution in [3.05, 3.63) is 28.8 Å². The minimum absolute atomic E-state index is 0.280. The van der Waals surface area contributed by atoms with Crippen molar-refractivity contribution in [2.45, 2.75) is 19.8 Å². The summed E-state index contributed by atoms with van der Waals surface area (Å²) in [6.45, 7) is 3.79. The Labute approximate surface area is 112 Å². The molecule has 0 aliphatic carbocycles. The molecule has 0 radical (unpaired) electrons. The quantitative estimate of drug-likeness (QED) is 0.854. The van der Waals surface area contributed by atoms with E-state index in [1.165, 1.54) is 0 Å². The van der Waals surface area contributed by atoms with E-state index < -0.39 is 5.91 Å². The zero-order valence-corrected chi connectivity index (χ0v) is 11.3. The number of amides is 2. The van der Waals surface area contributed by atoms with Gasteiger partial charge in [-0.25, -0.2) is 0 Å². The third-order valence-corrected chi connectivity index (χ3v) is 3.51. The molecule has 0 spiro atoms. The van der Waals surface area contributed by atoms with Crippen LogP contribution in [0.15, 0.2) is 12.1 Å². The first-order valence-corrected chi connectivity index (χ1v) is 6.46. The van der Waals surface area contributed by atoms with Crippen LogP contribution in [-0.4, -0.2) is 32.0 Å². The fourth-order valence-electron chi connectivity index (χ4n) is 2.57. The van der Waals surface area contributed by atoms with Gasteiger partial charge in [0.05, 0.1) is 11.1 Å². The minimum Gasteiger partial charge on any atom is -0.372 e. The fourth-order valence-corrected chi connectivity index (χ4v) is 2.57. The molecular formula is C14H19N3O2. The van der Waals surface area contributed by atoms with Crippen LogP contribution < -0.4 is 16.0 Å². The van der Waals surface area contributed by atoms with Crippen molar-refractivity contribution in [2.75, 3.05) is 25.0 Å². The molecule has 5 nitrogen and oxygen atoms in total. The molecule has 3 N–H and O–H groups in total. The number of rotatable bonds is 3. The lowest BCUT2D eigenvalue weighted by Crippen LogP contribution is -2.26. The number of carbonyl (C=O) groups excluding carboxylic acids is 2. The van der Waals surface area contributed by atoms with E-state index in [9.17, 15) is 9.59 Å². The molecule has 1 aromatic carbocycles. The summed E-state index contributed by atoms with van der Waals surface area (Å²) in [7, 11) is 1.55. The number of carbonyl (C=O) groups is 2. The number of primary amides is 1. The maximum atomic E-state index is 11.9. The molecule has 0 unspecified atom stereocenters. The highest BCUT2D eigenvalue weighted by Crippen LogP contribution is 2.26. The summed E-state index contributed by atoms with van der Waals surface area (Å²) in [5.74, 6) is -0.845. The van der Waals surface area contributed by atoms with E-state index in [0.717, 1.165) is 37.2 Å². The van der Waals surface area contributed by atoms with Gasteiger partial charge < -0.3 is 16.0 Å². The van der Waals surface area contributed by atoms with Crippen LogP contribution in [0.5, 0.6) is 0 Å². The van der Waals surface area contributed by atoms with Gasteiger partial charge in [0.25, 0.3) is 5.91 Å². The van der Waals surface area contributed by atoms with Gasteiger partial charge in [-0.2, -0.15) is 0 Å². The third kappa shape index (κ3) is 2.54. The largest absolute Gasteiger partial charge is 0.372 e. The molecule has 0 aromatic heterocycles. The highest BCUT2D eigenvalue weighted by atomic mass is 16.2. The molecule has 0 saturated carbocycles. The van der Waals surface area contributed by atoms with E-state index in [1.807, 2.05) is 13.0 Å². The van der Waals surface area contributed by atoms with Crippen LogP contribution in [0.25, 0.3) is 0 Å². The van der Waals surface area contributed by atoms with Gasteiger partial charge in [-0.05, 0) is 37.5 Å². The van der Waals surface area contributed by atoms with E-state index in [0.29, 0.717) is 11.1 Å². The van der Waals surface area contributed by atoms with Gasteiger partial charge in [-0.15, -0.1) is 0 Å². The third-order valence-electron chi connectivity index (χ3n) is 3.51. The highest BCUT2D eigenvalue weighted by molar-refractivity contribution is 6.08. The predicted octanol–water partition coefficient (Wildman–Crippen LogP) is 1.05. The first kappa shape index (κ1) is 13.4. The molecule has 2 amide bonds. The number of benzene rings is 1. The molecule has 0 bridgehead atoms. The Morgan fingerprint density at radius 1 is 1.26 bits per heavy atom. The second kappa shape index (κ2) is 5.30. The maximum absolute atomic E-state index is 11.9. The average Bonchev–Trinajstić information content (AvgIpc) is 2.90. The van der Waals surface area contributed by atoms with E-state index in [1.54, 1.807) is 13.1 Å². The van der Waals surface area contributed by atoms with Crippen LogP contribution >= 0.6 is 0 Å². The van der Waals surface area contributed by atoms with Crippen molar-refractivity contribution in [3.63, 3.8) is 0 Å². The smallest absolute Gasteiger partial charge is 0.251 e. The lowest BCUT2D eigenvalue weighted by Gasteiger charge is -2.20. The molecule has 1 aliphatic heterocycles. The Kier molecular flexibility index (Phi) is 3.74. The summed E-state index contributed by atoms with van der Waals surface area (Å²) >= 11 is 0. The zero-order chi connectivity index (χ0) is 14.0. The van der Waals surface area contributed by atoms with Crippen LogP contribution in [-0.2, 0) is 0 Å². The summed E-state index contributed by atoms with van der Waals surface area (Å²) in [4.78, 5) is 25.7. The van der Waals surface area contributed by atoms with Gasteiger partial charge in [0.1, 0.15) is 0 Å². The molecule has 5 heteroatoms. The molecule has 102 valence electrons. The lowest BCUT2D eigenvalue weighted by atomic mass is 9.99. The van der Waals surface area contributed by atoms with Crippen molar-refractivity contribution >= 4 is 17.5 Å². The normalized spacial score (nSPS) is 14.5. The van der Waals surface area contributed by atoms with Crippen LogP contribution in [0.4, 0.5) is 5.69 Å². The van der Waals surface area contributed by atoms with Gasteiger partial charge in [0.15, 0.2) is 0 Å². The van der Waals surface area contributed by atoms with Crippen molar-refractivity contribution in [1.29, 1.82) is 0 Å². The lowest BCUT2D eigenvalue weighted by molar-refractivity contribution is 0.0943. The number of nitrogens with two attached hydrogens (primary N) is 1. The summed E-state index contributed by atoms with van der Waals surface area (Å²) < 4.78 is 0. The Balaban J connectivity index is 2.52. The predicted molar refractivity (Wildman–Crippen MR) is 74.5 cm³/mol.